The molecule has 110 valence electrons. The Morgan fingerprint density at radius 2 is 1.81 bits per heavy atom. The molecule has 0 radical (unpaired) electrons. The molecule has 0 aliphatic heterocycles. The van der Waals surface area contributed by atoms with E-state index in [4.69, 9.17) is 5.73 Å². The molecule has 1 unspecified atom stereocenters. The van der Waals surface area contributed by atoms with E-state index in [1.807, 2.05) is 19.1 Å². The molecular formula is C16H16F2N2O. The second-order valence-electron chi connectivity index (χ2n) is 4.88. The highest BCUT2D eigenvalue weighted by Gasteiger charge is 2.11. The lowest BCUT2D eigenvalue weighted by molar-refractivity contribution is -0.121. The third kappa shape index (κ3) is 4.02. The highest BCUT2D eigenvalue weighted by molar-refractivity contribution is 5.79. The van der Waals surface area contributed by atoms with E-state index < -0.39 is 11.6 Å². The number of hydrogen-bond acceptors (Lipinski definition) is 2. The van der Waals surface area contributed by atoms with E-state index in [1.165, 1.54) is 6.07 Å². The number of amides is 1. The third-order valence-electron chi connectivity index (χ3n) is 3.16. The standard InChI is InChI=1S/C16H16F2N2O/c1-10(12-3-5-13(19)6-4-12)20-16(21)9-11-2-7-14(17)15(18)8-11/h2-8,10H,9,19H2,1H3,(H,20,21). The molecule has 0 aliphatic rings. The zero-order valence-corrected chi connectivity index (χ0v) is 11.6. The minimum atomic E-state index is -0.952. The van der Waals surface area contributed by atoms with Crippen LogP contribution in [0.4, 0.5) is 14.5 Å². The molecule has 0 aliphatic carbocycles. The van der Waals surface area contributed by atoms with Gasteiger partial charge < -0.3 is 11.1 Å². The number of halogens is 2. The van der Waals surface area contributed by atoms with Crippen LogP contribution in [0.1, 0.15) is 24.1 Å². The molecule has 3 nitrogen and oxygen atoms in total. The predicted octanol–water partition coefficient (Wildman–Crippen LogP) is 2.97. The highest BCUT2D eigenvalue weighted by Crippen LogP contribution is 2.15. The molecule has 0 aromatic heterocycles. The van der Waals surface area contributed by atoms with Crippen molar-refractivity contribution in [3.05, 3.63) is 65.2 Å². The predicted molar refractivity (Wildman–Crippen MR) is 77.5 cm³/mol. The molecule has 0 fully saturated rings. The quantitative estimate of drug-likeness (QED) is 0.851. The topological polar surface area (TPSA) is 55.1 Å². The van der Waals surface area contributed by atoms with Gasteiger partial charge in [0.2, 0.25) is 5.91 Å². The van der Waals surface area contributed by atoms with Gasteiger partial charge in [0, 0.05) is 5.69 Å². The minimum absolute atomic E-state index is 0.00346. The van der Waals surface area contributed by atoms with Gasteiger partial charge in [-0.25, -0.2) is 8.78 Å². The van der Waals surface area contributed by atoms with Crippen molar-refractivity contribution in [1.29, 1.82) is 0 Å². The van der Waals surface area contributed by atoms with Crippen LogP contribution in [0.15, 0.2) is 42.5 Å². The summed E-state index contributed by atoms with van der Waals surface area (Å²) in [7, 11) is 0. The summed E-state index contributed by atoms with van der Waals surface area (Å²) in [6, 6.07) is 10.4. The first-order valence-electron chi connectivity index (χ1n) is 6.54. The lowest BCUT2D eigenvalue weighted by Crippen LogP contribution is -2.28. The fraction of sp³-hybridized carbons (Fsp3) is 0.188. The zero-order valence-electron chi connectivity index (χ0n) is 11.6. The van der Waals surface area contributed by atoms with Crippen LogP contribution in [0.3, 0.4) is 0 Å². The fourth-order valence-electron chi connectivity index (χ4n) is 2.00. The summed E-state index contributed by atoms with van der Waals surface area (Å²) < 4.78 is 25.9. The molecule has 0 heterocycles. The van der Waals surface area contributed by atoms with Gasteiger partial charge in [0.25, 0.3) is 0 Å². The summed E-state index contributed by atoms with van der Waals surface area (Å²) in [5.41, 5.74) is 7.60. The second kappa shape index (κ2) is 6.35. The van der Waals surface area contributed by atoms with Gasteiger partial charge in [0.15, 0.2) is 11.6 Å². The van der Waals surface area contributed by atoms with Crippen LogP contribution in [0.5, 0.6) is 0 Å². The number of nitrogens with one attached hydrogen (secondary N) is 1. The first kappa shape index (κ1) is 15.0. The summed E-state index contributed by atoms with van der Waals surface area (Å²) in [5.74, 6) is -2.13. The van der Waals surface area contributed by atoms with Crippen LogP contribution in [-0.2, 0) is 11.2 Å². The van der Waals surface area contributed by atoms with Gasteiger partial charge >= 0.3 is 0 Å². The van der Waals surface area contributed by atoms with Crippen LogP contribution in [0.25, 0.3) is 0 Å². The van der Waals surface area contributed by atoms with Gasteiger partial charge in [-0.3, -0.25) is 4.79 Å². The lowest BCUT2D eigenvalue weighted by Gasteiger charge is -2.14. The van der Waals surface area contributed by atoms with Crippen molar-refractivity contribution in [2.24, 2.45) is 0 Å². The van der Waals surface area contributed by atoms with E-state index in [0.717, 1.165) is 17.7 Å². The van der Waals surface area contributed by atoms with E-state index in [9.17, 15) is 13.6 Å². The Balaban J connectivity index is 1.97. The average Bonchev–Trinajstić information content (AvgIpc) is 2.43. The maximum atomic E-state index is 13.1. The van der Waals surface area contributed by atoms with Gasteiger partial charge in [-0.05, 0) is 42.3 Å². The van der Waals surface area contributed by atoms with Crippen molar-refractivity contribution in [1.82, 2.24) is 5.32 Å². The number of rotatable bonds is 4. The molecule has 21 heavy (non-hydrogen) atoms. The van der Waals surface area contributed by atoms with Crippen molar-refractivity contribution in [2.75, 3.05) is 5.73 Å². The van der Waals surface area contributed by atoms with Crippen LogP contribution in [0, 0.1) is 11.6 Å². The summed E-state index contributed by atoms with van der Waals surface area (Å²) in [6.45, 7) is 1.84. The first-order valence-corrected chi connectivity index (χ1v) is 6.54. The SMILES string of the molecule is CC(NC(=O)Cc1ccc(F)c(F)c1)c1ccc(N)cc1. The van der Waals surface area contributed by atoms with Gasteiger partial charge in [-0.2, -0.15) is 0 Å². The molecule has 2 aromatic carbocycles. The van der Waals surface area contributed by atoms with Gasteiger partial charge in [0.05, 0.1) is 12.5 Å². The number of carbonyl (C=O) groups is 1. The van der Waals surface area contributed by atoms with Crippen molar-refractivity contribution in [3.63, 3.8) is 0 Å². The smallest absolute Gasteiger partial charge is 0.224 e. The third-order valence-corrected chi connectivity index (χ3v) is 3.16. The zero-order chi connectivity index (χ0) is 15.4. The van der Waals surface area contributed by atoms with E-state index in [2.05, 4.69) is 5.32 Å². The maximum Gasteiger partial charge on any atom is 0.224 e. The molecule has 1 amide bonds. The molecule has 3 N–H and O–H groups in total. The van der Waals surface area contributed by atoms with Crippen molar-refractivity contribution in [3.8, 4) is 0 Å². The Bertz CT molecular complexity index is 641. The number of nitrogen functional groups attached to an aromatic ring is 1. The molecule has 0 saturated carbocycles. The van der Waals surface area contributed by atoms with Crippen molar-refractivity contribution in [2.45, 2.75) is 19.4 Å². The Kier molecular flexibility index (Phi) is 4.52. The van der Waals surface area contributed by atoms with E-state index in [-0.39, 0.29) is 18.4 Å². The largest absolute Gasteiger partial charge is 0.399 e. The van der Waals surface area contributed by atoms with Crippen molar-refractivity contribution >= 4 is 11.6 Å². The molecule has 2 aromatic rings. The Morgan fingerprint density at radius 1 is 1.14 bits per heavy atom. The van der Waals surface area contributed by atoms with E-state index in [1.54, 1.807) is 12.1 Å². The normalized spacial score (nSPS) is 12.0. The number of anilines is 1. The maximum absolute atomic E-state index is 13.1. The van der Waals surface area contributed by atoms with Crippen LogP contribution in [0.2, 0.25) is 0 Å². The molecule has 2 rings (SSSR count). The summed E-state index contributed by atoms with van der Waals surface area (Å²) in [5, 5.41) is 2.80. The Morgan fingerprint density at radius 3 is 2.43 bits per heavy atom. The molecule has 1 atom stereocenters. The van der Waals surface area contributed by atoms with Crippen LogP contribution in [-0.4, -0.2) is 5.91 Å². The van der Waals surface area contributed by atoms with Crippen LogP contribution < -0.4 is 11.1 Å². The minimum Gasteiger partial charge on any atom is -0.399 e. The number of nitrogens with two attached hydrogens (primary N) is 1. The van der Waals surface area contributed by atoms with E-state index in [0.29, 0.717) is 11.3 Å². The molecule has 0 saturated heterocycles. The van der Waals surface area contributed by atoms with E-state index >= 15 is 0 Å². The second-order valence-corrected chi connectivity index (χ2v) is 4.88. The first-order chi connectivity index (χ1) is 9.95. The van der Waals surface area contributed by atoms with Gasteiger partial charge in [0.1, 0.15) is 0 Å². The molecular weight excluding hydrogens is 274 g/mol. The summed E-state index contributed by atoms with van der Waals surface area (Å²) in [6.07, 6.45) is -0.00346. The monoisotopic (exact) mass is 290 g/mol. The number of benzene rings is 2. The van der Waals surface area contributed by atoms with Gasteiger partial charge in [-0.15, -0.1) is 0 Å². The number of carbonyl (C=O) groups excluding carboxylic acids is 1. The molecule has 0 bridgehead atoms. The average molecular weight is 290 g/mol. The Hall–Kier alpha value is -2.43. The van der Waals surface area contributed by atoms with Gasteiger partial charge in [-0.1, -0.05) is 18.2 Å². The molecule has 5 heteroatoms. The Labute approximate surface area is 121 Å². The fourth-order valence-corrected chi connectivity index (χ4v) is 2.00. The molecule has 0 spiro atoms. The van der Waals surface area contributed by atoms with Crippen LogP contribution >= 0.6 is 0 Å². The summed E-state index contributed by atoms with van der Waals surface area (Å²) in [4.78, 5) is 11.9. The summed E-state index contributed by atoms with van der Waals surface area (Å²) >= 11 is 0. The number of hydrogen-bond donors (Lipinski definition) is 2. The van der Waals surface area contributed by atoms with Crippen molar-refractivity contribution < 1.29 is 13.6 Å². The highest BCUT2D eigenvalue weighted by atomic mass is 19.2. The lowest BCUT2D eigenvalue weighted by atomic mass is 10.1.